The van der Waals surface area contributed by atoms with Crippen LogP contribution in [0.4, 0.5) is 5.69 Å². The Bertz CT molecular complexity index is 1200. The zero-order chi connectivity index (χ0) is 26.1. The van der Waals surface area contributed by atoms with Crippen LogP contribution in [0.5, 0.6) is 17.4 Å². The number of nitrogens with one attached hydrogen (secondary N) is 1. The summed E-state index contributed by atoms with van der Waals surface area (Å²) in [6.45, 7) is 6.45. The van der Waals surface area contributed by atoms with E-state index in [4.69, 9.17) is 37.4 Å². The highest BCUT2D eigenvalue weighted by Gasteiger charge is 2.19. The monoisotopic (exact) mass is 530 g/mol. The average Bonchev–Trinajstić information content (AvgIpc) is 2.87. The number of carbonyl (C=O) groups excluding carboxylic acids is 2. The first-order chi connectivity index (χ1) is 17.3. The number of carbonyl (C=O) groups is 2. The SMILES string of the molecule is CCOC(=O)C(CC)Cc1ccc(Oc2ccc(NC(=O)c3ccc(Cl)c(Cl)c3)cn2)c(OCC)c1. The maximum atomic E-state index is 12.5. The zero-order valence-electron chi connectivity index (χ0n) is 20.3. The van der Waals surface area contributed by atoms with E-state index in [0.717, 1.165) is 5.56 Å². The van der Waals surface area contributed by atoms with Gasteiger partial charge in [0.25, 0.3) is 5.91 Å². The fourth-order valence-corrected chi connectivity index (χ4v) is 3.74. The van der Waals surface area contributed by atoms with Crippen LogP contribution in [0.25, 0.3) is 0 Å². The van der Waals surface area contributed by atoms with Gasteiger partial charge in [-0.15, -0.1) is 0 Å². The van der Waals surface area contributed by atoms with Crippen molar-refractivity contribution >= 4 is 40.8 Å². The Morgan fingerprint density at radius 2 is 1.75 bits per heavy atom. The summed E-state index contributed by atoms with van der Waals surface area (Å²) < 4.78 is 16.9. The molecule has 1 amide bonds. The van der Waals surface area contributed by atoms with Crippen molar-refractivity contribution in [2.24, 2.45) is 5.92 Å². The van der Waals surface area contributed by atoms with Gasteiger partial charge in [0.1, 0.15) is 0 Å². The maximum Gasteiger partial charge on any atom is 0.309 e. The van der Waals surface area contributed by atoms with Gasteiger partial charge in [-0.25, -0.2) is 4.98 Å². The van der Waals surface area contributed by atoms with E-state index in [9.17, 15) is 9.59 Å². The Kier molecular flexibility index (Phi) is 9.96. The molecule has 1 aromatic heterocycles. The van der Waals surface area contributed by atoms with Crippen LogP contribution in [0.2, 0.25) is 10.0 Å². The molecule has 190 valence electrons. The van der Waals surface area contributed by atoms with Crippen molar-refractivity contribution < 1.29 is 23.8 Å². The van der Waals surface area contributed by atoms with E-state index < -0.39 is 0 Å². The van der Waals surface area contributed by atoms with Crippen molar-refractivity contribution in [3.05, 3.63) is 75.9 Å². The van der Waals surface area contributed by atoms with Gasteiger partial charge >= 0.3 is 5.97 Å². The molecule has 2 aromatic carbocycles. The summed E-state index contributed by atoms with van der Waals surface area (Å²) in [6, 6.07) is 13.5. The molecule has 1 N–H and O–H groups in total. The lowest BCUT2D eigenvalue weighted by molar-refractivity contribution is -0.148. The third-order valence-corrected chi connectivity index (χ3v) is 6.03. The highest BCUT2D eigenvalue weighted by atomic mass is 35.5. The molecular formula is C27H28Cl2N2O5. The number of ether oxygens (including phenoxy) is 3. The lowest BCUT2D eigenvalue weighted by atomic mass is 9.97. The van der Waals surface area contributed by atoms with Gasteiger partial charge in [-0.3, -0.25) is 9.59 Å². The first kappa shape index (κ1) is 27.3. The molecule has 0 radical (unpaired) electrons. The van der Waals surface area contributed by atoms with Crippen LogP contribution in [-0.4, -0.2) is 30.1 Å². The summed E-state index contributed by atoms with van der Waals surface area (Å²) >= 11 is 11.9. The summed E-state index contributed by atoms with van der Waals surface area (Å²) in [5.74, 6) is 0.603. The van der Waals surface area contributed by atoms with Crippen molar-refractivity contribution in [1.82, 2.24) is 4.98 Å². The molecule has 0 fully saturated rings. The standard InChI is InChI=1S/C27H28Cl2N2O5/c1-4-18(27(33)35-6-3)13-17-7-11-23(24(14-17)34-5-2)36-25-12-9-20(16-30-25)31-26(32)19-8-10-21(28)22(29)15-19/h7-12,14-16,18H,4-6,13H2,1-3H3,(H,31,32). The van der Waals surface area contributed by atoms with E-state index in [1.54, 1.807) is 37.3 Å². The highest BCUT2D eigenvalue weighted by Crippen LogP contribution is 2.33. The van der Waals surface area contributed by atoms with Crippen LogP contribution in [0.1, 0.15) is 43.1 Å². The highest BCUT2D eigenvalue weighted by molar-refractivity contribution is 6.42. The summed E-state index contributed by atoms with van der Waals surface area (Å²) in [6.07, 6.45) is 2.71. The minimum Gasteiger partial charge on any atom is -0.490 e. The second-order valence-corrected chi connectivity index (χ2v) is 8.66. The van der Waals surface area contributed by atoms with E-state index in [1.807, 2.05) is 26.0 Å². The van der Waals surface area contributed by atoms with Gasteiger partial charge in [0, 0.05) is 11.6 Å². The topological polar surface area (TPSA) is 86.8 Å². The van der Waals surface area contributed by atoms with Crippen molar-refractivity contribution in [2.75, 3.05) is 18.5 Å². The number of amides is 1. The normalized spacial score (nSPS) is 11.5. The zero-order valence-corrected chi connectivity index (χ0v) is 21.9. The van der Waals surface area contributed by atoms with E-state index in [0.29, 0.717) is 64.7 Å². The smallest absolute Gasteiger partial charge is 0.309 e. The predicted molar refractivity (Wildman–Crippen MR) is 140 cm³/mol. The third kappa shape index (κ3) is 7.35. The molecule has 0 bridgehead atoms. The van der Waals surface area contributed by atoms with Gasteiger partial charge < -0.3 is 19.5 Å². The lowest BCUT2D eigenvalue weighted by Crippen LogP contribution is -2.19. The summed E-state index contributed by atoms with van der Waals surface area (Å²) in [7, 11) is 0. The van der Waals surface area contributed by atoms with Crippen molar-refractivity contribution in [3.8, 4) is 17.4 Å². The molecule has 9 heteroatoms. The van der Waals surface area contributed by atoms with E-state index in [1.165, 1.54) is 12.3 Å². The second-order valence-electron chi connectivity index (χ2n) is 7.85. The molecule has 36 heavy (non-hydrogen) atoms. The van der Waals surface area contributed by atoms with E-state index in [2.05, 4.69) is 10.3 Å². The average molecular weight is 531 g/mol. The fourth-order valence-electron chi connectivity index (χ4n) is 3.44. The molecule has 0 aliphatic rings. The van der Waals surface area contributed by atoms with Gasteiger partial charge in [0.2, 0.25) is 5.88 Å². The van der Waals surface area contributed by atoms with Crippen molar-refractivity contribution in [2.45, 2.75) is 33.6 Å². The number of pyridine rings is 1. The third-order valence-electron chi connectivity index (χ3n) is 5.29. The minimum absolute atomic E-state index is 0.200. The number of hydrogen-bond donors (Lipinski definition) is 1. The van der Waals surface area contributed by atoms with E-state index in [-0.39, 0.29) is 17.8 Å². The number of esters is 1. The Hall–Kier alpha value is -3.29. The quantitative estimate of drug-likeness (QED) is 0.269. The van der Waals surface area contributed by atoms with Crippen molar-refractivity contribution in [3.63, 3.8) is 0 Å². The first-order valence-corrected chi connectivity index (χ1v) is 12.4. The number of rotatable bonds is 11. The Morgan fingerprint density at radius 3 is 2.39 bits per heavy atom. The number of anilines is 1. The van der Waals surface area contributed by atoms with Crippen LogP contribution in [-0.2, 0) is 16.0 Å². The number of hydrogen-bond acceptors (Lipinski definition) is 6. The number of nitrogens with zero attached hydrogens (tertiary/aromatic N) is 1. The van der Waals surface area contributed by atoms with Gasteiger partial charge in [-0.1, -0.05) is 36.2 Å². The van der Waals surface area contributed by atoms with Gasteiger partial charge in [0.05, 0.1) is 41.1 Å². The molecule has 7 nitrogen and oxygen atoms in total. The molecule has 0 aliphatic heterocycles. The van der Waals surface area contributed by atoms with Gasteiger partial charge in [0.15, 0.2) is 11.5 Å². The fraction of sp³-hybridized carbons (Fsp3) is 0.296. The molecule has 0 saturated heterocycles. The molecule has 3 aromatic rings. The maximum absolute atomic E-state index is 12.5. The van der Waals surface area contributed by atoms with Crippen molar-refractivity contribution in [1.29, 1.82) is 0 Å². The first-order valence-electron chi connectivity index (χ1n) is 11.7. The molecule has 0 aliphatic carbocycles. The predicted octanol–water partition coefficient (Wildman–Crippen LogP) is 6.96. The van der Waals surface area contributed by atoms with Crippen LogP contribution in [0.15, 0.2) is 54.7 Å². The molecule has 1 unspecified atom stereocenters. The molecule has 0 saturated carbocycles. The van der Waals surface area contributed by atoms with Crippen LogP contribution >= 0.6 is 23.2 Å². The number of halogens is 2. The molecular weight excluding hydrogens is 503 g/mol. The molecule has 1 atom stereocenters. The summed E-state index contributed by atoms with van der Waals surface area (Å²) in [5, 5.41) is 3.43. The number of benzene rings is 2. The second kappa shape index (κ2) is 13.1. The van der Waals surface area contributed by atoms with Gasteiger partial charge in [-0.05, 0) is 68.7 Å². The summed E-state index contributed by atoms with van der Waals surface area (Å²) in [4.78, 5) is 28.9. The van der Waals surface area contributed by atoms with E-state index >= 15 is 0 Å². The Labute approximate surface area is 220 Å². The van der Waals surface area contributed by atoms with Crippen LogP contribution < -0.4 is 14.8 Å². The lowest BCUT2D eigenvalue weighted by Gasteiger charge is -2.16. The molecule has 1 heterocycles. The number of aromatic nitrogens is 1. The molecule has 0 spiro atoms. The largest absolute Gasteiger partial charge is 0.490 e. The minimum atomic E-state index is -0.341. The summed E-state index contributed by atoms with van der Waals surface area (Å²) in [5.41, 5.74) is 1.81. The Morgan fingerprint density at radius 1 is 0.944 bits per heavy atom. The van der Waals surface area contributed by atoms with Crippen LogP contribution in [0.3, 0.4) is 0 Å². The molecule has 3 rings (SSSR count). The van der Waals surface area contributed by atoms with Crippen LogP contribution in [0, 0.1) is 5.92 Å². The Balaban J connectivity index is 1.69. The van der Waals surface area contributed by atoms with Gasteiger partial charge in [-0.2, -0.15) is 0 Å².